The van der Waals surface area contributed by atoms with Crippen LogP contribution in [0.15, 0.2) is 42.5 Å². The highest BCUT2D eigenvalue weighted by Gasteiger charge is 2.26. The molecule has 0 saturated heterocycles. The molecule has 1 aliphatic heterocycles. The number of aromatic carboxylic acids is 1. The van der Waals surface area contributed by atoms with Gasteiger partial charge in [0.05, 0.1) is 16.1 Å². The number of carbonyl (C=O) groups is 2. The topological polar surface area (TPSA) is 73.4 Å². The number of carboxylic acids is 1. The molecular formula is C19H15ClN2O3. The Morgan fingerprint density at radius 1 is 1.16 bits per heavy atom. The van der Waals surface area contributed by atoms with Gasteiger partial charge in [-0.2, -0.15) is 0 Å². The van der Waals surface area contributed by atoms with Crippen LogP contribution in [-0.4, -0.2) is 33.4 Å². The Hall–Kier alpha value is -2.79. The molecule has 3 aromatic rings. The Morgan fingerprint density at radius 2 is 1.96 bits per heavy atom. The first-order valence-corrected chi connectivity index (χ1v) is 8.33. The molecule has 0 unspecified atom stereocenters. The van der Waals surface area contributed by atoms with Gasteiger partial charge in [-0.15, -0.1) is 0 Å². The molecule has 25 heavy (non-hydrogen) atoms. The Kier molecular flexibility index (Phi) is 3.73. The normalized spacial score (nSPS) is 13.7. The minimum atomic E-state index is -0.961. The van der Waals surface area contributed by atoms with Crippen molar-refractivity contribution in [2.75, 3.05) is 6.54 Å². The van der Waals surface area contributed by atoms with Gasteiger partial charge in [0.15, 0.2) is 0 Å². The lowest BCUT2D eigenvalue weighted by Crippen LogP contribution is -2.35. The predicted octanol–water partition coefficient (Wildman–Crippen LogP) is 3.72. The number of H-pyrrole nitrogens is 1. The zero-order valence-corrected chi connectivity index (χ0v) is 14.0. The molecule has 6 heteroatoms. The van der Waals surface area contributed by atoms with Gasteiger partial charge in [-0.25, -0.2) is 4.79 Å². The highest BCUT2D eigenvalue weighted by atomic mass is 35.5. The van der Waals surface area contributed by atoms with E-state index < -0.39 is 5.97 Å². The van der Waals surface area contributed by atoms with Gasteiger partial charge < -0.3 is 15.0 Å². The summed E-state index contributed by atoms with van der Waals surface area (Å²) < 4.78 is 0. The second-order valence-corrected chi connectivity index (χ2v) is 6.51. The van der Waals surface area contributed by atoms with E-state index in [4.69, 9.17) is 11.6 Å². The number of amides is 1. The number of carbonyl (C=O) groups excluding carboxylic acids is 1. The molecular weight excluding hydrogens is 340 g/mol. The standard InChI is InChI=1S/C19H15ClN2O3/c20-15-4-2-1-3-12(15)18(23)22-8-7-17-14(10-22)13-9-11(19(24)25)5-6-16(13)21-17/h1-6,9,21H,7-8,10H2,(H,24,25). The SMILES string of the molecule is O=C(O)c1ccc2[nH]c3c(c2c1)CN(C(=O)c1ccccc1Cl)CC3. The second-order valence-electron chi connectivity index (χ2n) is 6.10. The van der Waals surface area contributed by atoms with Crippen molar-refractivity contribution >= 4 is 34.4 Å². The third kappa shape index (κ3) is 2.66. The second kappa shape index (κ2) is 5.93. The summed E-state index contributed by atoms with van der Waals surface area (Å²) in [6.45, 7) is 1.03. The number of hydrogen-bond donors (Lipinski definition) is 2. The maximum Gasteiger partial charge on any atom is 0.335 e. The fourth-order valence-corrected chi connectivity index (χ4v) is 3.54. The van der Waals surface area contributed by atoms with Crippen LogP contribution >= 0.6 is 11.6 Å². The molecule has 1 aliphatic rings. The van der Waals surface area contributed by atoms with Crippen LogP contribution in [-0.2, 0) is 13.0 Å². The van der Waals surface area contributed by atoms with E-state index >= 15 is 0 Å². The van der Waals surface area contributed by atoms with Crippen molar-refractivity contribution in [2.45, 2.75) is 13.0 Å². The third-order valence-corrected chi connectivity index (χ3v) is 4.94. The highest BCUT2D eigenvalue weighted by Crippen LogP contribution is 2.30. The van der Waals surface area contributed by atoms with Gasteiger partial charge in [0.2, 0.25) is 0 Å². The van der Waals surface area contributed by atoms with E-state index in [1.165, 1.54) is 0 Å². The maximum atomic E-state index is 12.8. The fraction of sp³-hybridized carbons (Fsp3) is 0.158. The number of nitrogens with zero attached hydrogens (tertiary/aromatic N) is 1. The van der Waals surface area contributed by atoms with E-state index in [-0.39, 0.29) is 11.5 Å². The first-order chi connectivity index (χ1) is 12.0. The van der Waals surface area contributed by atoms with Gasteiger partial charge in [-0.3, -0.25) is 4.79 Å². The minimum absolute atomic E-state index is 0.111. The van der Waals surface area contributed by atoms with Crippen LogP contribution in [0.2, 0.25) is 5.02 Å². The average molecular weight is 355 g/mol. The smallest absolute Gasteiger partial charge is 0.335 e. The summed E-state index contributed by atoms with van der Waals surface area (Å²) in [6, 6.07) is 12.0. The van der Waals surface area contributed by atoms with Gasteiger partial charge in [0.25, 0.3) is 5.91 Å². The molecule has 1 aromatic heterocycles. The summed E-state index contributed by atoms with van der Waals surface area (Å²) >= 11 is 6.15. The zero-order chi connectivity index (χ0) is 17.6. The van der Waals surface area contributed by atoms with Crippen LogP contribution in [0.3, 0.4) is 0 Å². The monoisotopic (exact) mass is 354 g/mol. The zero-order valence-electron chi connectivity index (χ0n) is 13.3. The number of rotatable bonds is 2. The van der Waals surface area contributed by atoms with E-state index in [0.717, 1.165) is 22.2 Å². The summed E-state index contributed by atoms with van der Waals surface area (Å²) in [5, 5.41) is 10.5. The van der Waals surface area contributed by atoms with Crippen molar-refractivity contribution in [3.05, 3.63) is 69.9 Å². The van der Waals surface area contributed by atoms with Crippen LogP contribution in [0.1, 0.15) is 32.0 Å². The Labute approximate surface area is 148 Å². The Bertz CT molecular complexity index is 1010. The largest absolute Gasteiger partial charge is 0.478 e. The molecule has 1 amide bonds. The molecule has 0 bridgehead atoms. The summed E-state index contributed by atoms with van der Waals surface area (Å²) in [6.07, 6.45) is 0.697. The molecule has 2 heterocycles. The van der Waals surface area contributed by atoms with Gasteiger partial charge in [-0.1, -0.05) is 23.7 Å². The number of hydrogen-bond acceptors (Lipinski definition) is 2. The fourth-order valence-electron chi connectivity index (χ4n) is 3.33. The van der Waals surface area contributed by atoms with Crippen molar-refractivity contribution in [3.63, 3.8) is 0 Å². The number of halogens is 1. The minimum Gasteiger partial charge on any atom is -0.478 e. The van der Waals surface area contributed by atoms with Crippen molar-refractivity contribution in [1.29, 1.82) is 0 Å². The van der Waals surface area contributed by atoms with Crippen LogP contribution in [0.4, 0.5) is 0 Å². The predicted molar refractivity (Wildman–Crippen MR) is 95.2 cm³/mol. The van der Waals surface area contributed by atoms with Gasteiger partial charge >= 0.3 is 5.97 Å². The van der Waals surface area contributed by atoms with E-state index in [9.17, 15) is 14.7 Å². The highest BCUT2D eigenvalue weighted by molar-refractivity contribution is 6.33. The molecule has 5 nitrogen and oxygen atoms in total. The number of benzene rings is 2. The molecule has 2 aromatic carbocycles. The lowest BCUT2D eigenvalue weighted by Gasteiger charge is -2.27. The van der Waals surface area contributed by atoms with Gasteiger partial charge in [0, 0.05) is 41.7 Å². The Balaban J connectivity index is 1.71. The number of aromatic nitrogens is 1. The van der Waals surface area contributed by atoms with Crippen LogP contribution in [0.5, 0.6) is 0 Å². The number of aromatic amines is 1. The van der Waals surface area contributed by atoms with Crippen molar-refractivity contribution in [2.24, 2.45) is 0 Å². The van der Waals surface area contributed by atoms with E-state index in [1.807, 2.05) is 0 Å². The quantitative estimate of drug-likeness (QED) is 0.736. The van der Waals surface area contributed by atoms with Crippen LogP contribution in [0, 0.1) is 0 Å². The van der Waals surface area contributed by atoms with Crippen LogP contribution in [0.25, 0.3) is 10.9 Å². The lowest BCUT2D eigenvalue weighted by molar-refractivity contribution is 0.0694. The number of nitrogens with one attached hydrogen (secondary N) is 1. The lowest BCUT2D eigenvalue weighted by atomic mass is 10.0. The molecule has 0 radical (unpaired) electrons. The third-order valence-electron chi connectivity index (χ3n) is 4.61. The maximum absolute atomic E-state index is 12.8. The molecule has 2 N–H and O–H groups in total. The summed E-state index contributed by atoms with van der Waals surface area (Å²) in [7, 11) is 0. The summed E-state index contributed by atoms with van der Waals surface area (Å²) in [5.41, 5.74) is 3.65. The van der Waals surface area contributed by atoms with Crippen molar-refractivity contribution < 1.29 is 14.7 Å². The average Bonchev–Trinajstić information content (AvgIpc) is 2.98. The van der Waals surface area contributed by atoms with Crippen LogP contribution < -0.4 is 0 Å². The van der Waals surface area contributed by atoms with Crippen molar-refractivity contribution in [1.82, 2.24) is 9.88 Å². The number of fused-ring (bicyclic) bond motifs is 3. The molecule has 0 saturated carbocycles. The van der Waals surface area contributed by atoms with Crippen molar-refractivity contribution in [3.8, 4) is 0 Å². The summed E-state index contributed by atoms with van der Waals surface area (Å²) in [4.78, 5) is 29.1. The molecule has 0 fully saturated rings. The Morgan fingerprint density at radius 3 is 2.72 bits per heavy atom. The molecule has 126 valence electrons. The van der Waals surface area contributed by atoms with E-state index in [0.29, 0.717) is 30.1 Å². The van der Waals surface area contributed by atoms with Gasteiger partial charge in [-0.05, 0) is 30.3 Å². The summed E-state index contributed by atoms with van der Waals surface area (Å²) in [5.74, 6) is -1.07. The molecule has 4 rings (SSSR count). The number of carboxylic acid groups (broad SMARTS) is 1. The first-order valence-electron chi connectivity index (χ1n) is 7.95. The molecule has 0 aliphatic carbocycles. The van der Waals surface area contributed by atoms with Gasteiger partial charge in [0.1, 0.15) is 0 Å². The molecule has 0 spiro atoms. The molecule has 0 atom stereocenters. The van der Waals surface area contributed by atoms with E-state index in [1.54, 1.807) is 47.4 Å². The van der Waals surface area contributed by atoms with E-state index in [2.05, 4.69) is 4.98 Å². The first kappa shape index (κ1) is 15.7.